The average Bonchev–Trinajstić information content (AvgIpc) is 3.73. The van der Waals surface area contributed by atoms with Crippen LogP contribution in [0.3, 0.4) is 0 Å². The Morgan fingerprint density at radius 2 is 1.66 bits per heavy atom. The standard InChI is InChI=1S/C35H43N3O5.ClH/c1-42-30-15-25(16-31(21-30)43-2)22-36-23-33(39)32(17-24-9-4-3-5-10-24)37-35(41)28-18-27(26-11-6-7-12-26)19-29(20-28)38-14-8-13-34(38)40;/h3-5,9-10,15-16,18-21,26,32-33,36,39H,6-8,11-14,17,22-23H2,1-2H3,(H,37,41);1H/t32-,33-;/m0./s1. The fraction of sp³-hybridized carbons (Fsp3) is 0.429. The van der Waals surface area contributed by atoms with E-state index >= 15 is 0 Å². The van der Waals surface area contributed by atoms with Gasteiger partial charge in [0.15, 0.2) is 0 Å². The summed E-state index contributed by atoms with van der Waals surface area (Å²) >= 11 is 0. The van der Waals surface area contributed by atoms with E-state index in [-0.39, 0.29) is 30.8 Å². The molecule has 1 aliphatic carbocycles. The SMILES string of the molecule is COc1cc(CNC[C@H](O)[C@H](Cc2ccccc2)NC(=O)c2cc(C3CCCC3)cc(N3CCCC3=O)c2)cc(OC)c1.Cl. The van der Waals surface area contributed by atoms with E-state index in [9.17, 15) is 14.7 Å². The molecule has 0 bridgehead atoms. The number of aliphatic hydroxyl groups excluding tert-OH is 1. The molecule has 0 radical (unpaired) electrons. The van der Waals surface area contributed by atoms with Crippen molar-refractivity contribution in [3.63, 3.8) is 0 Å². The lowest BCUT2D eigenvalue weighted by Gasteiger charge is -2.26. The van der Waals surface area contributed by atoms with E-state index in [2.05, 4.69) is 16.7 Å². The summed E-state index contributed by atoms with van der Waals surface area (Å²) in [4.78, 5) is 28.2. The monoisotopic (exact) mass is 621 g/mol. The zero-order chi connectivity index (χ0) is 30.2. The molecule has 0 aromatic heterocycles. The molecule has 1 saturated heterocycles. The molecule has 2 amide bonds. The molecule has 3 N–H and O–H groups in total. The molecule has 2 aliphatic rings. The van der Waals surface area contributed by atoms with Crippen molar-refractivity contribution >= 4 is 29.9 Å². The third-order valence-corrected chi connectivity index (χ3v) is 8.59. The minimum absolute atomic E-state index is 0. The van der Waals surface area contributed by atoms with Crippen LogP contribution in [-0.4, -0.2) is 56.4 Å². The fourth-order valence-electron chi connectivity index (χ4n) is 6.22. The van der Waals surface area contributed by atoms with Crippen LogP contribution in [0.4, 0.5) is 5.69 Å². The van der Waals surface area contributed by atoms with Crippen molar-refractivity contribution in [1.82, 2.24) is 10.6 Å². The molecule has 9 heteroatoms. The predicted molar refractivity (Wildman–Crippen MR) is 175 cm³/mol. The van der Waals surface area contributed by atoms with Gasteiger partial charge in [0.1, 0.15) is 11.5 Å². The maximum absolute atomic E-state index is 13.8. The van der Waals surface area contributed by atoms with Crippen molar-refractivity contribution < 1.29 is 24.2 Å². The van der Waals surface area contributed by atoms with Crippen LogP contribution in [0.5, 0.6) is 11.5 Å². The molecule has 2 fully saturated rings. The van der Waals surface area contributed by atoms with Crippen LogP contribution in [0.15, 0.2) is 66.7 Å². The predicted octanol–water partition coefficient (Wildman–Crippen LogP) is 5.40. The Hall–Kier alpha value is -3.59. The second kappa shape index (κ2) is 15.9. The molecular weight excluding hydrogens is 578 g/mol. The van der Waals surface area contributed by atoms with Gasteiger partial charge in [0.2, 0.25) is 5.91 Å². The van der Waals surface area contributed by atoms with E-state index < -0.39 is 12.1 Å². The third kappa shape index (κ3) is 8.52. The number of rotatable bonds is 13. The van der Waals surface area contributed by atoms with Gasteiger partial charge in [-0.3, -0.25) is 9.59 Å². The number of benzene rings is 3. The van der Waals surface area contributed by atoms with E-state index in [1.54, 1.807) is 14.2 Å². The van der Waals surface area contributed by atoms with Crippen LogP contribution in [0.2, 0.25) is 0 Å². The Labute approximate surface area is 266 Å². The Bertz CT molecular complexity index is 1370. The first-order chi connectivity index (χ1) is 20.9. The van der Waals surface area contributed by atoms with Gasteiger partial charge in [-0.25, -0.2) is 0 Å². The molecule has 236 valence electrons. The number of carbonyl (C=O) groups excluding carboxylic acids is 2. The van der Waals surface area contributed by atoms with Gasteiger partial charge in [-0.2, -0.15) is 0 Å². The Kier molecular flexibility index (Phi) is 12.1. The number of carbonyl (C=O) groups is 2. The van der Waals surface area contributed by atoms with Gasteiger partial charge in [-0.1, -0.05) is 43.2 Å². The summed E-state index contributed by atoms with van der Waals surface area (Å²) in [6.45, 7) is 1.44. The number of methoxy groups -OCH3 is 2. The maximum atomic E-state index is 13.8. The molecule has 1 aliphatic heterocycles. The first-order valence-corrected chi connectivity index (χ1v) is 15.3. The highest BCUT2D eigenvalue weighted by Crippen LogP contribution is 2.37. The number of ether oxygens (including phenoxy) is 2. The maximum Gasteiger partial charge on any atom is 0.251 e. The van der Waals surface area contributed by atoms with Crippen LogP contribution in [-0.2, 0) is 17.8 Å². The second-order valence-corrected chi connectivity index (χ2v) is 11.6. The highest BCUT2D eigenvalue weighted by Gasteiger charge is 2.27. The summed E-state index contributed by atoms with van der Waals surface area (Å²) in [5, 5.41) is 17.8. The van der Waals surface area contributed by atoms with Crippen LogP contribution in [0.25, 0.3) is 0 Å². The minimum atomic E-state index is -0.852. The first-order valence-electron chi connectivity index (χ1n) is 15.3. The molecule has 2 atom stereocenters. The zero-order valence-electron chi connectivity index (χ0n) is 25.6. The number of nitrogens with zero attached hydrogens (tertiary/aromatic N) is 1. The van der Waals surface area contributed by atoms with Gasteiger partial charge in [-0.15, -0.1) is 12.4 Å². The summed E-state index contributed by atoms with van der Waals surface area (Å²) in [6.07, 6.45) is 5.54. The Morgan fingerprint density at radius 3 is 2.30 bits per heavy atom. The fourth-order valence-corrected chi connectivity index (χ4v) is 6.22. The summed E-state index contributed by atoms with van der Waals surface area (Å²) < 4.78 is 10.8. The van der Waals surface area contributed by atoms with Crippen LogP contribution in [0.1, 0.15) is 71.5 Å². The number of amides is 2. The van der Waals surface area contributed by atoms with Crippen LogP contribution in [0, 0.1) is 0 Å². The molecule has 1 heterocycles. The smallest absolute Gasteiger partial charge is 0.251 e. The lowest BCUT2D eigenvalue weighted by molar-refractivity contribution is -0.117. The molecule has 8 nitrogen and oxygen atoms in total. The Morgan fingerprint density at radius 1 is 0.955 bits per heavy atom. The molecule has 0 spiro atoms. The Balaban J connectivity index is 0.00000442. The quantitative estimate of drug-likeness (QED) is 0.236. The first kappa shape index (κ1) is 33.3. The number of anilines is 1. The molecule has 3 aromatic carbocycles. The summed E-state index contributed by atoms with van der Waals surface area (Å²) in [5.41, 5.74) is 4.43. The van der Waals surface area contributed by atoms with Crippen molar-refractivity contribution in [1.29, 1.82) is 0 Å². The largest absolute Gasteiger partial charge is 0.497 e. The van der Waals surface area contributed by atoms with E-state index in [0.29, 0.717) is 48.9 Å². The molecule has 44 heavy (non-hydrogen) atoms. The molecule has 1 saturated carbocycles. The van der Waals surface area contributed by atoms with E-state index in [4.69, 9.17) is 9.47 Å². The highest BCUT2D eigenvalue weighted by molar-refractivity contribution is 5.99. The number of aliphatic hydroxyl groups is 1. The normalized spacial score (nSPS) is 16.3. The lowest BCUT2D eigenvalue weighted by Crippen LogP contribution is -2.48. The van der Waals surface area contributed by atoms with Gasteiger partial charge in [0.05, 0.1) is 26.4 Å². The van der Waals surface area contributed by atoms with Gasteiger partial charge in [0, 0.05) is 43.4 Å². The van der Waals surface area contributed by atoms with Gasteiger partial charge < -0.3 is 30.1 Å². The summed E-state index contributed by atoms with van der Waals surface area (Å²) in [5.74, 6) is 1.65. The van der Waals surface area contributed by atoms with Crippen molar-refractivity contribution in [3.8, 4) is 11.5 Å². The van der Waals surface area contributed by atoms with Gasteiger partial charge in [-0.05, 0) is 78.6 Å². The summed E-state index contributed by atoms with van der Waals surface area (Å²) in [7, 11) is 3.23. The van der Waals surface area contributed by atoms with Crippen molar-refractivity contribution in [2.45, 2.75) is 69.6 Å². The third-order valence-electron chi connectivity index (χ3n) is 8.59. The molecule has 3 aromatic rings. The number of nitrogens with one attached hydrogen (secondary N) is 2. The summed E-state index contributed by atoms with van der Waals surface area (Å²) in [6, 6.07) is 20.9. The number of hydrogen-bond donors (Lipinski definition) is 3. The van der Waals surface area contributed by atoms with Crippen LogP contribution < -0.4 is 25.0 Å². The molecule has 0 unspecified atom stereocenters. The highest BCUT2D eigenvalue weighted by atomic mass is 35.5. The molecular formula is C35H44ClN3O5. The van der Waals surface area contributed by atoms with E-state index in [1.807, 2.05) is 65.6 Å². The average molecular weight is 622 g/mol. The minimum Gasteiger partial charge on any atom is -0.497 e. The van der Waals surface area contributed by atoms with Crippen molar-refractivity contribution in [2.24, 2.45) is 0 Å². The van der Waals surface area contributed by atoms with E-state index in [1.165, 1.54) is 12.8 Å². The van der Waals surface area contributed by atoms with Crippen LogP contribution >= 0.6 is 12.4 Å². The molecule has 5 rings (SSSR count). The number of halogens is 1. The van der Waals surface area contributed by atoms with Gasteiger partial charge >= 0.3 is 0 Å². The van der Waals surface area contributed by atoms with Crippen molar-refractivity contribution in [3.05, 3.63) is 89.0 Å². The van der Waals surface area contributed by atoms with Gasteiger partial charge in [0.25, 0.3) is 5.91 Å². The zero-order valence-corrected chi connectivity index (χ0v) is 26.4. The second-order valence-electron chi connectivity index (χ2n) is 11.6. The lowest BCUT2D eigenvalue weighted by atomic mass is 9.94. The number of hydrogen-bond acceptors (Lipinski definition) is 6. The van der Waals surface area contributed by atoms with Crippen molar-refractivity contribution in [2.75, 3.05) is 32.2 Å². The van der Waals surface area contributed by atoms with E-state index in [0.717, 1.165) is 41.6 Å². The topological polar surface area (TPSA) is 100 Å².